The third kappa shape index (κ3) is 1.84. The van der Waals surface area contributed by atoms with Crippen LogP contribution in [-0.4, -0.2) is 0 Å². The lowest BCUT2D eigenvalue weighted by Gasteiger charge is -2.10. The van der Waals surface area contributed by atoms with Crippen molar-refractivity contribution in [3.63, 3.8) is 0 Å². The van der Waals surface area contributed by atoms with E-state index in [1.165, 1.54) is 12.1 Å². The largest absolute Gasteiger partial charge is 0.324 e. The van der Waals surface area contributed by atoms with Gasteiger partial charge in [-0.1, -0.05) is 15.9 Å². The first-order chi connectivity index (χ1) is 5.52. The van der Waals surface area contributed by atoms with Crippen LogP contribution in [0, 0.1) is 12.7 Å². The molecule has 0 fully saturated rings. The van der Waals surface area contributed by atoms with Crippen molar-refractivity contribution in [2.45, 2.75) is 19.9 Å². The predicted octanol–water partition coefficient (Wildman–Crippen LogP) is 2.92. The smallest absolute Gasteiger partial charge is 0.124 e. The van der Waals surface area contributed by atoms with Gasteiger partial charge in [0.15, 0.2) is 0 Å². The molecule has 0 saturated carbocycles. The molecule has 0 bridgehead atoms. The maximum atomic E-state index is 12.9. The lowest BCUT2D eigenvalue weighted by Crippen LogP contribution is -2.07. The van der Waals surface area contributed by atoms with Crippen LogP contribution < -0.4 is 5.73 Å². The average molecular weight is 232 g/mol. The van der Waals surface area contributed by atoms with E-state index in [-0.39, 0.29) is 11.9 Å². The van der Waals surface area contributed by atoms with E-state index in [1.807, 2.05) is 13.8 Å². The zero-order valence-corrected chi connectivity index (χ0v) is 8.65. The van der Waals surface area contributed by atoms with Crippen LogP contribution in [0.15, 0.2) is 16.6 Å². The van der Waals surface area contributed by atoms with E-state index in [0.29, 0.717) is 0 Å². The Labute approximate surface area is 79.9 Å². The summed E-state index contributed by atoms with van der Waals surface area (Å²) in [7, 11) is 0. The minimum absolute atomic E-state index is 0.128. The zero-order chi connectivity index (χ0) is 9.30. The van der Waals surface area contributed by atoms with Gasteiger partial charge in [-0.3, -0.25) is 0 Å². The van der Waals surface area contributed by atoms with Crippen molar-refractivity contribution < 1.29 is 4.39 Å². The van der Waals surface area contributed by atoms with Crippen molar-refractivity contribution in [2.24, 2.45) is 5.73 Å². The predicted molar refractivity (Wildman–Crippen MR) is 51.4 cm³/mol. The maximum absolute atomic E-state index is 12.9. The van der Waals surface area contributed by atoms with Crippen LogP contribution in [0.3, 0.4) is 0 Å². The Kier molecular flexibility index (Phi) is 2.85. The topological polar surface area (TPSA) is 26.0 Å². The molecule has 12 heavy (non-hydrogen) atoms. The summed E-state index contributed by atoms with van der Waals surface area (Å²) < 4.78 is 13.7. The highest BCUT2D eigenvalue weighted by Gasteiger charge is 2.08. The fourth-order valence-corrected chi connectivity index (χ4v) is 1.59. The molecule has 0 aliphatic rings. The van der Waals surface area contributed by atoms with Crippen molar-refractivity contribution in [2.75, 3.05) is 0 Å². The van der Waals surface area contributed by atoms with E-state index in [2.05, 4.69) is 15.9 Å². The highest BCUT2D eigenvalue weighted by molar-refractivity contribution is 9.10. The lowest BCUT2D eigenvalue weighted by molar-refractivity contribution is 0.620. The van der Waals surface area contributed by atoms with Crippen LogP contribution >= 0.6 is 15.9 Å². The molecule has 0 amide bonds. The van der Waals surface area contributed by atoms with E-state index in [4.69, 9.17) is 5.73 Å². The SMILES string of the molecule is Cc1c(Br)cc(F)cc1[C@@H](C)N. The Balaban J connectivity index is 3.28. The van der Waals surface area contributed by atoms with Crippen LogP contribution in [0.5, 0.6) is 0 Å². The van der Waals surface area contributed by atoms with Crippen LogP contribution in [0.25, 0.3) is 0 Å². The molecule has 66 valence electrons. The summed E-state index contributed by atoms with van der Waals surface area (Å²) in [5, 5.41) is 0. The van der Waals surface area contributed by atoms with Gasteiger partial charge in [-0.05, 0) is 37.1 Å². The van der Waals surface area contributed by atoms with E-state index >= 15 is 0 Å². The van der Waals surface area contributed by atoms with Crippen LogP contribution in [0.4, 0.5) is 4.39 Å². The number of halogens is 2. The Hall–Kier alpha value is -0.410. The molecule has 0 spiro atoms. The highest BCUT2D eigenvalue weighted by atomic mass is 79.9. The Morgan fingerprint density at radius 3 is 2.58 bits per heavy atom. The molecule has 0 aliphatic heterocycles. The number of hydrogen-bond donors (Lipinski definition) is 1. The molecule has 0 heterocycles. The van der Waals surface area contributed by atoms with Gasteiger partial charge in [-0.2, -0.15) is 0 Å². The summed E-state index contributed by atoms with van der Waals surface area (Å²) in [5.74, 6) is -0.250. The molecule has 2 N–H and O–H groups in total. The molecule has 1 aromatic rings. The third-order valence-electron chi connectivity index (χ3n) is 1.84. The summed E-state index contributed by atoms with van der Waals surface area (Å²) >= 11 is 3.27. The Morgan fingerprint density at radius 1 is 1.50 bits per heavy atom. The van der Waals surface area contributed by atoms with Gasteiger partial charge >= 0.3 is 0 Å². The molecule has 1 aromatic carbocycles. The van der Waals surface area contributed by atoms with Crippen molar-refractivity contribution in [3.05, 3.63) is 33.5 Å². The van der Waals surface area contributed by atoms with Crippen molar-refractivity contribution in [1.82, 2.24) is 0 Å². The zero-order valence-electron chi connectivity index (χ0n) is 7.07. The molecule has 0 radical (unpaired) electrons. The maximum Gasteiger partial charge on any atom is 0.124 e. The standard InChI is InChI=1S/C9H11BrFN/c1-5-8(6(2)12)3-7(11)4-9(5)10/h3-4,6H,12H2,1-2H3/t6-/m1/s1. The van der Waals surface area contributed by atoms with E-state index in [0.717, 1.165) is 15.6 Å². The van der Waals surface area contributed by atoms with Gasteiger partial charge in [-0.25, -0.2) is 4.39 Å². The summed E-state index contributed by atoms with van der Waals surface area (Å²) in [6, 6.07) is 2.79. The van der Waals surface area contributed by atoms with Crippen LogP contribution in [0.1, 0.15) is 24.1 Å². The minimum atomic E-state index is -0.250. The first-order valence-electron chi connectivity index (χ1n) is 3.73. The summed E-state index contributed by atoms with van der Waals surface area (Å²) in [5.41, 5.74) is 7.52. The highest BCUT2D eigenvalue weighted by Crippen LogP contribution is 2.24. The molecule has 1 atom stereocenters. The van der Waals surface area contributed by atoms with Crippen LogP contribution in [-0.2, 0) is 0 Å². The molecule has 1 rings (SSSR count). The van der Waals surface area contributed by atoms with Gasteiger partial charge < -0.3 is 5.73 Å². The van der Waals surface area contributed by atoms with Gasteiger partial charge in [0.2, 0.25) is 0 Å². The van der Waals surface area contributed by atoms with Gasteiger partial charge in [0, 0.05) is 10.5 Å². The number of hydrogen-bond acceptors (Lipinski definition) is 1. The molecule has 3 heteroatoms. The molecule has 0 saturated heterocycles. The first-order valence-corrected chi connectivity index (χ1v) is 4.53. The first kappa shape index (κ1) is 9.68. The summed E-state index contributed by atoms with van der Waals surface area (Å²) in [6.45, 7) is 3.76. The van der Waals surface area contributed by atoms with E-state index in [1.54, 1.807) is 0 Å². The second kappa shape index (κ2) is 3.54. The van der Waals surface area contributed by atoms with Gasteiger partial charge in [0.1, 0.15) is 5.82 Å². The monoisotopic (exact) mass is 231 g/mol. The average Bonchev–Trinajstić information content (AvgIpc) is 1.96. The summed E-state index contributed by atoms with van der Waals surface area (Å²) in [4.78, 5) is 0. The lowest BCUT2D eigenvalue weighted by atomic mass is 10.0. The normalized spacial score (nSPS) is 13.1. The number of nitrogens with two attached hydrogens (primary N) is 1. The number of rotatable bonds is 1. The van der Waals surface area contributed by atoms with Gasteiger partial charge in [-0.15, -0.1) is 0 Å². The fourth-order valence-electron chi connectivity index (χ4n) is 1.14. The molecular weight excluding hydrogens is 221 g/mol. The summed E-state index contributed by atoms with van der Waals surface area (Å²) in [6.07, 6.45) is 0. The Bertz CT molecular complexity index is 297. The van der Waals surface area contributed by atoms with Gasteiger partial charge in [0.25, 0.3) is 0 Å². The second-order valence-corrected chi connectivity index (χ2v) is 3.74. The van der Waals surface area contributed by atoms with Gasteiger partial charge in [0.05, 0.1) is 0 Å². The molecule has 0 aromatic heterocycles. The quantitative estimate of drug-likeness (QED) is 0.791. The van der Waals surface area contributed by atoms with Crippen molar-refractivity contribution in [3.8, 4) is 0 Å². The van der Waals surface area contributed by atoms with E-state index in [9.17, 15) is 4.39 Å². The fraction of sp³-hybridized carbons (Fsp3) is 0.333. The molecule has 1 nitrogen and oxygen atoms in total. The van der Waals surface area contributed by atoms with E-state index < -0.39 is 0 Å². The molecule has 0 aliphatic carbocycles. The molecule has 0 unspecified atom stereocenters. The molecular formula is C9H11BrFN. The van der Waals surface area contributed by atoms with Crippen molar-refractivity contribution >= 4 is 15.9 Å². The van der Waals surface area contributed by atoms with Crippen LogP contribution in [0.2, 0.25) is 0 Å². The third-order valence-corrected chi connectivity index (χ3v) is 2.66. The second-order valence-electron chi connectivity index (χ2n) is 2.89. The minimum Gasteiger partial charge on any atom is -0.324 e. The van der Waals surface area contributed by atoms with Crippen molar-refractivity contribution in [1.29, 1.82) is 0 Å². The Morgan fingerprint density at radius 2 is 2.08 bits per heavy atom. The number of benzene rings is 1.